The van der Waals surface area contributed by atoms with E-state index in [0.717, 1.165) is 35.5 Å². The highest BCUT2D eigenvalue weighted by atomic mass is 15.4. The standard InChI is InChI=1S/C15H21N5/c1-9-5-10(2)19-14(18-9)20-13-7-15(3,4)6-12(16)11(13)8-17-20/h5,8,12H,6-7,16H2,1-4H3. The lowest BCUT2D eigenvalue weighted by Gasteiger charge is -2.33. The summed E-state index contributed by atoms with van der Waals surface area (Å²) in [4.78, 5) is 9.01. The van der Waals surface area contributed by atoms with Crippen molar-refractivity contribution in [3.05, 3.63) is 34.9 Å². The van der Waals surface area contributed by atoms with E-state index >= 15 is 0 Å². The van der Waals surface area contributed by atoms with Gasteiger partial charge >= 0.3 is 0 Å². The fourth-order valence-corrected chi connectivity index (χ4v) is 3.08. The molecule has 1 aliphatic rings. The van der Waals surface area contributed by atoms with Crippen molar-refractivity contribution in [1.82, 2.24) is 19.7 Å². The van der Waals surface area contributed by atoms with Crippen LogP contribution in [0.3, 0.4) is 0 Å². The van der Waals surface area contributed by atoms with Crippen molar-refractivity contribution in [2.45, 2.75) is 46.6 Å². The van der Waals surface area contributed by atoms with Crippen LogP contribution >= 0.6 is 0 Å². The SMILES string of the molecule is Cc1cc(C)nc(-n2ncc3c2CC(C)(C)CC3N)n1. The molecule has 0 bridgehead atoms. The highest BCUT2D eigenvalue weighted by Crippen LogP contribution is 2.39. The van der Waals surface area contributed by atoms with Crippen LogP contribution < -0.4 is 5.73 Å². The van der Waals surface area contributed by atoms with Crippen molar-refractivity contribution in [3.8, 4) is 5.95 Å². The van der Waals surface area contributed by atoms with E-state index in [4.69, 9.17) is 5.73 Å². The lowest BCUT2D eigenvalue weighted by molar-refractivity contribution is 0.277. The van der Waals surface area contributed by atoms with Crippen LogP contribution in [0.25, 0.3) is 5.95 Å². The van der Waals surface area contributed by atoms with Gasteiger partial charge in [0.15, 0.2) is 0 Å². The molecule has 0 radical (unpaired) electrons. The Morgan fingerprint density at radius 1 is 1.25 bits per heavy atom. The van der Waals surface area contributed by atoms with E-state index in [1.807, 2.05) is 30.8 Å². The lowest BCUT2D eigenvalue weighted by Crippen LogP contribution is -2.30. The van der Waals surface area contributed by atoms with Gasteiger partial charge in [-0.3, -0.25) is 0 Å². The van der Waals surface area contributed by atoms with Crippen LogP contribution in [0.5, 0.6) is 0 Å². The number of aromatic nitrogens is 4. The molecule has 5 heteroatoms. The highest BCUT2D eigenvalue weighted by Gasteiger charge is 2.33. The Kier molecular flexibility index (Phi) is 2.90. The molecular weight excluding hydrogens is 250 g/mol. The zero-order chi connectivity index (χ0) is 14.5. The second kappa shape index (κ2) is 4.38. The monoisotopic (exact) mass is 271 g/mol. The largest absolute Gasteiger partial charge is 0.324 e. The van der Waals surface area contributed by atoms with Crippen molar-refractivity contribution in [3.63, 3.8) is 0 Å². The molecule has 5 nitrogen and oxygen atoms in total. The Morgan fingerprint density at radius 2 is 1.90 bits per heavy atom. The number of rotatable bonds is 1. The van der Waals surface area contributed by atoms with Crippen molar-refractivity contribution < 1.29 is 0 Å². The Labute approximate surface area is 119 Å². The number of fused-ring (bicyclic) bond motifs is 1. The van der Waals surface area contributed by atoms with Crippen LogP contribution in [-0.2, 0) is 6.42 Å². The number of aryl methyl sites for hydroxylation is 2. The summed E-state index contributed by atoms with van der Waals surface area (Å²) in [5, 5.41) is 4.48. The molecule has 2 aromatic rings. The van der Waals surface area contributed by atoms with Crippen LogP contribution in [0.1, 0.15) is 49.0 Å². The zero-order valence-electron chi connectivity index (χ0n) is 12.5. The number of nitrogens with two attached hydrogens (primary N) is 1. The predicted octanol–water partition coefficient (Wildman–Crippen LogP) is 2.25. The van der Waals surface area contributed by atoms with Crippen molar-refractivity contribution in [1.29, 1.82) is 0 Å². The number of hydrogen-bond donors (Lipinski definition) is 1. The third-order valence-corrected chi connectivity index (χ3v) is 3.88. The van der Waals surface area contributed by atoms with Gasteiger partial charge in [-0.1, -0.05) is 13.8 Å². The second-order valence-corrected chi connectivity index (χ2v) is 6.56. The average molecular weight is 271 g/mol. The van der Waals surface area contributed by atoms with Gasteiger partial charge in [0.2, 0.25) is 0 Å². The average Bonchev–Trinajstić information content (AvgIpc) is 2.69. The molecule has 0 saturated heterocycles. The topological polar surface area (TPSA) is 69.6 Å². The molecule has 0 aromatic carbocycles. The normalized spacial score (nSPS) is 20.8. The van der Waals surface area contributed by atoms with E-state index < -0.39 is 0 Å². The molecule has 2 N–H and O–H groups in total. The van der Waals surface area contributed by atoms with Gasteiger partial charge in [0.25, 0.3) is 5.95 Å². The first-order valence-corrected chi connectivity index (χ1v) is 7.01. The second-order valence-electron chi connectivity index (χ2n) is 6.56. The van der Waals surface area contributed by atoms with Crippen molar-refractivity contribution >= 4 is 0 Å². The molecule has 0 aliphatic heterocycles. The summed E-state index contributed by atoms with van der Waals surface area (Å²) in [5.41, 5.74) is 10.7. The van der Waals surface area contributed by atoms with E-state index in [0.29, 0.717) is 5.95 Å². The molecule has 1 aliphatic carbocycles. The zero-order valence-corrected chi connectivity index (χ0v) is 12.5. The molecule has 0 spiro atoms. The quantitative estimate of drug-likeness (QED) is 0.863. The van der Waals surface area contributed by atoms with E-state index in [1.165, 1.54) is 0 Å². The van der Waals surface area contributed by atoms with Crippen LogP contribution in [-0.4, -0.2) is 19.7 Å². The minimum absolute atomic E-state index is 0.0495. The maximum Gasteiger partial charge on any atom is 0.251 e. The van der Waals surface area contributed by atoms with E-state index in [9.17, 15) is 0 Å². The summed E-state index contributed by atoms with van der Waals surface area (Å²) in [5.74, 6) is 0.647. The predicted molar refractivity (Wildman–Crippen MR) is 77.7 cm³/mol. The Balaban J connectivity index is 2.13. The molecule has 0 amide bonds. The van der Waals surface area contributed by atoms with E-state index in [-0.39, 0.29) is 11.5 Å². The van der Waals surface area contributed by atoms with Gasteiger partial charge in [-0.05, 0) is 38.2 Å². The van der Waals surface area contributed by atoms with Crippen molar-refractivity contribution in [2.24, 2.45) is 11.1 Å². The van der Waals surface area contributed by atoms with Gasteiger partial charge in [-0.2, -0.15) is 5.10 Å². The Morgan fingerprint density at radius 3 is 2.55 bits per heavy atom. The van der Waals surface area contributed by atoms with Gasteiger partial charge in [0, 0.05) is 23.0 Å². The molecule has 0 saturated carbocycles. The Hall–Kier alpha value is -1.75. The maximum atomic E-state index is 6.28. The first-order valence-electron chi connectivity index (χ1n) is 7.01. The summed E-state index contributed by atoms with van der Waals surface area (Å²) >= 11 is 0. The summed E-state index contributed by atoms with van der Waals surface area (Å²) in [6.45, 7) is 8.44. The fraction of sp³-hybridized carbons (Fsp3) is 0.533. The van der Waals surface area contributed by atoms with E-state index in [1.54, 1.807) is 0 Å². The van der Waals surface area contributed by atoms with Crippen LogP contribution in [0.2, 0.25) is 0 Å². The summed E-state index contributed by atoms with van der Waals surface area (Å²) in [7, 11) is 0. The van der Waals surface area contributed by atoms with Gasteiger partial charge in [0.1, 0.15) is 0 Å². The van der Waals surface area contributed by atoms with Gasteiger partial charge in [-0.15, -0.1) is 0 Å². The van der Waals surface area contributed by atoms with Gasteiger partial charge in [-0.25, -0.2) is 14.6 Å². The molecule has 106 valence electrons. The smallest absolute Gasteiger partial charge is 0.251 e. The third-order valence-electron chi connectivity index (χ3n) is 3.88. The maximum absolute atomic E-state index is 6.28. The third kappa shape index (κ3) is 2.22. The summed E-state index contributed by atoms with van der Waals surface area (Å²) < 4.78 is 1.86. The molecule has 2 aromatic heterocycles. The fourth-order valence-electron chi connectivity index (χ4n) is 3.08. The number of nitrogens with zero attached hydrogens (tertiary/aromatic N) is 4. The molecule has 0 fully saturated rings. The molecule has 1 atom stereocenters. The molecule has 1 unspecified atom stereocenters. The molecule has 2 heterocycles. The lowest BCUT2D eigenvalue weighted by atomic mass is 9.75. The summed E-state index contributed by atoms with van der Waals surface area (Å²) in [6.07, 6.45) is 3.81. The minimum Gasteiger partial charge on any atom is -0.324 e. The number of hydrogen-bond acceptors (Lipinski definition) is 4. The van der Waals surface area contributed by atoms with Crippen LogP contribution in [0.4, 0.5) is 0 Å². The first-order chi connectivity index (χ1) is 9.35. The molecule has 3 rings (SSSR count). The molecular formula is C15H21N5. The summed E-state index contributed by atoms with van der Waals surface area (Å²) in [6, 6.07) is 2.02. The highest BCUT2D eigenvalue weighted by molar-refractivity contribution is 5.31. The van der Waals surface area contributed by atoms with Gasteiger partial charge in [0.05, 0.1) is 11.9 Å². The molecule has 20 heavy (non-hydrogen) atoms. The Bertz CT molecular complexity index is 636. The van der Waals surface area contributed by atoms with E-state index in [2.05, 4.69) is 28.9 Å². The van der Waals surface area contributed by atoms with Crippen LogP contribution in [0.15, 0.2) is 12.3 Å². The van der Waals surface area contributed by atoms with Crippen molar-refractivity contribution in [2.75, 3.05) is 0 Å². The van der Waals surface area contributed by atoms with Gasteiger partial charge < -0.3 is 5.73 Å². The van der Waals surface area contributed by atoms with Crippen LogP contribution in [0, 0.1) is 19.3 Å². The first kappa shape index (κ1) is 13.2. The minimum atomic E-state index is 0.0495.